The monoisotopic (exact) mass is 494 g/mol. The van der Waals surface area contributed by atoms with E-state index >= 15 is 0 Å². The van der Waals surface area contributed by atoms with Gasteiger partial charge in [0.2, 0.25) is 5.91 Å². The van der Waals surface area contributed by atoms with E-state index < -0.39 is 6.04 Å². The first kappa shape index (κ1) is 26.1. The van der Waals surface area contributed by atoms with Crippen molar-refractivity contribution in [1.29, 1.82) is 0 Å². The van der Waals surface area contributed by atoms with Crippen LogP contribution < -0.4 is 10.1 Å². The van der Waals surface area contributed by atoms with Crippen molar-refractivity contribution in [3.8, 4) is 5.75 Å². The van der Waals surface area contributed by atoms with Gasteiger partial charge >= 0.3 is 0 Å². The lowest BCUT2D eigenvalue weighted by Gasteiger charge is -2.29. The number of rotatable bonds is 9. The number of likely N-dealkylation sites (tertiary alicyclic amines) is 1. The lowest BCUT2D eigenvalue weighted by molar-refractivity contribution is -0.135. The van der Waals surface area contributed by atoms with Gasteiger partial charge in [-0.1, -0.05) is 36.4 Å². The number of benzene rings is 2. The molecule has 2 aliphatic rings. The zero-order valence-electron chi connectivity index (χ0n) is 21.4. The Morgan fingerprint density at radius 3 is 2.67 bits per heavy atom. The molecule has 8 heteroatoms. The number of nitrogens with zero attached hydrogens (tertiary/aromatic N) is 3. The summed E-state index contributed by atoms with van der Waals surface area (Å²) in [5.41, 5.74) is 1.74. The van der Waals surface area contributed by atoms with Crippen molar-refractivity contribution in [1.82, 2.24) is 20.0 Å². The Morgan fingerprint density at radius 2 is 1.89 bits per heavy atom. The molecule has 0 aliphatic carbocycles. The Balaban J connectivity index is 1.60. The van der Waals surface area contributed by atoms with Gasteiger partial charge in [0, 0.05) is 58.0 Å². The molecule has 2 amide bonds. The number of carbonyl (C=O) groups excluding carboxylic acids is 2. The Bertz CT molecular complexity index is 994. The summed E-state index contributed by atoms with van der Waals surface area (Å²) in [6.07, 6.45) is 1.52. The van der Waals surface area contributed by atoms with Crippen LogP contribution in [0.1, 0.15) is 28.8 Å². The fourth-order valence-electron chi connectivity index (χ4n) is 5.15. The lowest BCUT2D eigenvalue weighted by Crippen LogP contribution is -2.48. The number of hydrogen-bond acceptors (Lipinski definition) is 6. The third-order valence-electron chi connectivity index (χ3n) is 7.12. The van der Waals surface area contributed by atoms with E-state index in [4.69, 9.17) is 9.47 Å². The molecular formula is C28H38N4O4. The highest BCUT2D eigenvalue weighted by molar-refractivity contribution is 5.98. The lowest BCUT2D eigenvalue weighted by atomic mass is 10.1. The normalized spacial score (nSPS) is 20.4. The van der Waals surface area contributed by atoms with Gasteiger partial charge in [-0.2, -0.15) is 0 Å². The van der Waals surface area contributed by atoms with E-state index in [0.29, 0.717) is 44.0 Å². The molecule has 8 nitrogen and oxygen atoms in total. The molecule has 0 spiro atoms. The van der Waals surface area contributed by atoms with Gasteiger partial charge in [-0.15, -0.1) is 0 Å². The Kier molecular flexibility index (Phi) is 9.33. The first-order valence-corrected chi connectivity index (χ1v) is 12.8. The molecule has 2 aromatic carbocycles. The predicted molar refractivity (Wildman–Crippen MR) is 139 cm³/mol. The minimum atomic E-state index is -0.493. The topological polar surface area (TPSA) is 74.4 Å². The van der Waals surface area contributed by atoms with E-state index in [1.165, 1.54) is 5.56 Å². The molecule has 36 heavy (non-hydrogen) atoms. The fourth-order valence-corrected chi connectivity index (χ4v) is 5.15. The highest BCUT2D eigenvalue weighted by Crippen LogP contribution is 2.28. The number of carbonyl (C=O) groups is 2. The minimum Gasteiger partial charge on any atom is -0.497 e. The van der Waals surface area contributed by atoms with Crippen molar-refractivity contribution in [3.63, 3.8) is 0 Å². The van der Waals surface area contributed by atoms with E-state index in [9.17, 15) is 9.59 Å². The van der Waals surface area contributed by atoms with Crippen molar-refractivity contribution >= 4 is 11.8 Å². The van der Waals surface area contributed by atoms with Gasteiger partial charge in [0.25, 0.3) is 5.91 Å². The number of amides is 2. The van der Waals surface area contributed by atoms with Crippen molar-refractivity contribution in [3.05, 3.63) is 65.7 Å². The molecule has 0 bridgehead atoms. The van der Waals surface area contributed by atoms with Crippen molar-refractivity contribution in [2.24, 2.45) is 0 Å². The Labute approximate surface area is 214 Å². The van der Waals surface area contributed by atoms with Crippen LogP contribution in [0.3, 0.4) is 0 Å². The third kappa shape index (κ3) is 6.43. The Hall–Kier alpha value is -2.94. The van der Waals surface area contributed by atoms with E-state index in [1.807, 2.05) is 35.2 Å². The molecule has 4 rings (SSSR count). The van der Waals surface area contributed by atoms with E-state index in [-0.39, 0.29) is 17.9 Å². The fraction of sp³-hybridized carbons (Fsp3) is 0.500. The van der Waals surface area contributed by atoms with Crippen LogP contribution in [-0.2, 0) is 16.1 Å². The van der Waals surface area contributed by atoms with E-state index in [1.54, 1.807) is 31.3 Å². The quantitative estimate of drug-likeness (QED) is 0.577. The maximum absolute atomic E-state index is 13.8. The van der Waals surface area contributed by atoms with Crippen molar-refractivity contribution < 1.29 is 19.1 Å². The number of methoxy groups -OCH3 is 2. The van der Waals surface area contributed by atoms with Crippen molar-refractivity contribution in [2.45, 2.75) is 31.5 Å². The second kappa shape index (κ2) is 12.9. The average Bonchev–Trinajstić information content (AvgIpc) is 3.18. The Morgan fingerprint density at radius 1 is 1.06 bits per heavy atom. The molecule has 2 unspecified atom stereocenters. The zero-order valence-corrected chi connectivity index (χ0v) is 21.4. The van der Waals surface area contributed by atoms with Gasteiger partial charge in [0.05, 0.1) is 13.7 Å². The van der Waals surface area contributed by atoms with Crippen LogP contribution in [0.4, 0.5) is 0 Å². The number of nitrogens with one attached hydrogen (secondary N) is 1. The molecule has 1 N–H and O–H groups in total. The summed E-state index contributed by atoms with van der Waals surface area (Å²) in [5.74, 6) is 0.543. The summed E-state index contributed by atoms with van der Waals surface area (Å²) in [5, 5.41) is 3.36. The zero-order chi connectivity index (χ0) is 25.3. The maximum atomic E-state index is 13.8. The van der Waals surface area contributed by atoms with Gasteiger partial charge in [-0.25, -0.2) is 0 Å². The van der Waals surface area contributed by atoms with Gasteiger partial charge in [0.15, 0.2) is 0 Å². The smallest absolute Gasteiger partial charge is 0.254 e. The van der Waals surface area contributed by atoms with Crippen LogP contribution in [0, 0.1) is 0 Å². The number of hydrogen-bond donors (Lipinski definition) is 1. The molecular weight excluding hydrogens is 456 g/mol. The summed E-state index contributed by atoms with van der Waals surface area (Å²) in [4.78, 5) is 33.6. The van der Waals surface area contributed by atoms with E-state index in [2.05, 4.69) is 22.3 Å². The van der Waals surface area contributed by atoms with E-state index in [0.717, 1.165) is 32.6 Å². The van der Waals surface area contributed by atoms with Crippen LogP contribution >= 0.6 is 0 Å². The van der Waals surface area contributed by atoms with Crippen LogP contribution in [0.5, 0.6) is 5.75 Å². The average molecular weight is 495 g/mol. The molecule has 2 aromatic rings. The molecule has 194 valence electrons. The van der Waals surface area contributed by atoms with Crippen LogP contribution in [0.25, 0.3) is 0 Å². The molecule has 0 aromatic heterocycles. The standard InChI is InChI=1S/C28H38N4O4/c1-35-17-16-31(20-22-8-4-3-5-9-22)24-19-26(28(34)30-14-7-12-29-13-15-30)32(21-24)27(33)23-10-6-11-25(18-23)36-2/h3-6,8-11,18,24,26,29H,7,12-17,19-21H2,1-2H3. The SMILES string of the molecule is COCCN(Cc1ccccc1)C1CC(C(=O)N2CCCNCC2)N(C(=O)c2cccc(OC)c2)C1. The highest BCUT2D eigenvalue weighted by Gasteiger charge is 2.43. The summed E-state index contributed by atoms with van der Waals surface area (Å²) < 4.78 is 10.7. The third-order valence-corrected chi connectivity index (χ3v) is 7.12. The molecule has 2 fully saturated rings. The van der Waals surface area contributed by atoms with Crippen LogP contribution in [0.2, 0.25) is 0 Å². The van der Waals surface area contributed by atoms with Crippen molar-refractivity contribution in [2.75, 3.05) is 60.1 Å². The largest absolute Gasteiger partial charge is 0.497 e. The van der Waals surface area contributed by atoms with Crippen LogP contribution in [0.15, 0.2) is 54.6 Å². The van der Waals surface area contributed by atoms with Crippen LogP contribution in [-0.4, -0.2) is 98.7 Å². The van der Waals surface area contributed by atoms with Gasteiger partial charge in [0.1, 0.15) is 11.8 Å². The molecule has 0 radical (unpaired) electrons. The van der Waals surface area contributed by atoms with Gasteiger partial charge < -0.3 is 24.6 Å². The summed E-state index contributed by atoms with van der Waals surface area (Å²) in [6, 6.07) is 17.1. The minimum absolute atomic E-state index is 0.0452. The summed E-state index contributed by atoms with van der Waals surface area (Å²) >= 11 is 0. The van der Waals surface area contributed by atoms with Gasteiger partial charge in [-0.3, -0.25) is 14.5 Å². The first-order valence-electron chi connectivity index (χ1n) is 12.8. The summed E-state index contributed by atoms with van der Waals surface area (Å²) in [7, 11) is 3.29. The molecule has 2 heterocycles. The molecule has 2 saturated heterocycles. The molecule has 2 aliphatic heterocycles. The summed E-state index contributed by atoms with van der Waals surface area (Å²) in [6.45, 7) is 5.62. The predicted octanol–water partition coefficient (Wildman–Crippen LogP) is 2.25. The maximum Gasteiger partial charge on any atom is 0.254 e. The first-order chi connectivity index (χ1) is 17.6. The second-order valence-corrected chi connectivity index (χ2v) is 9.47. The molecule has 2 atom stereocenters. The van der Waals surface area contributed by atoms with Gasteiger partial charge in [-0.05, 0) is 43.1 Å². The molecule has 0 saturated carbocycles. The second-order valence-electron chi connectivity index (χ2n) is 9.47. The highest BCUT2D eigenvalue weighted by atomic mass is 16.5. The number of ether oxygens (including phenoxy) is 2.